The van der Waals surface area contributed by atoms with E-state index in [2.05, 4.69) is 46.8 Å². The average molecular weight is 680 g/mol. The Balaban J connectivity index is 1.79. The molecule has 0 aliphatic heterocycles. The van der Waals surface area contributed by atoms with Crippen LogP contribution in [0.15, 0.2) is 12.4 Å². The van der Waals surface area contributed by atoms with Gasteiger partial charge in [-0.3, -0.25) is 0 Å². The molecule has 0 saturated heterocycles. The molecule has 0 aromatic carbocycles. The average Bonchev–Trinajstić information content (AvgIpc) is 3.02. The van der Waals surface area contributed by atoms with Gasteiger partial charge in [-0.1, -0.05) is 0 Å². The Bertz CT molecular complexity index is 703. The summed E-state index contributed by atoms with van der Waals surface area (Å²) in [6.07, 6.45) is 10.0. The third kappa shape index (κ3) is 5.32. The van der Waals surface area contributed by atoms with E-state index in [0.717, 1.165) is 21.0 Å². The van der Waals surface area contributed by atoms with Gasteiger partial charge in [0.25, 0.3) is 0 Å². The number of nitrogens with one attached hydrogen (secondary N) is 1. The molecule has 2 heterocycles. The predicted molar refractivity (Wildman–Crippen MR) is 105 cm³/mol. The first kappa shape index (κ1) is 20.3. The van der Waals surface area contributed by atoms with Crippen molar-refractivity contribution in [2.75, 3.05) is 10.2 Å². The number of halogens is 3. The molecule has 25 heavy (non-hydrogen) atoms. The number of rotatable bonds is 4. The molecule has 0 spiro atoms. The molecule has 4 nitrogen and oxygen atoms in total. The number of pyridine rings is 1. The summed E-state index contributed by atoms with van der Waals surface area (Å²) in [7, 11) is 2.04. The molecule has 1 fully saturated rings. The van der Waals surface area contributed by atoms with Gasteiger partial charge in [-0.25, -0.2) is 0 Å². The Morgan fingerprint density at radius 2 is 2.12 bits per heavy atom. The van der Waals surface area contributed by atoms with Crippen LogP contribution < -0.4 is 43.8 Å². The summed E-state index contributed by atoms with van der Waals surface area (Å²) in [6, 6.07) is 2.83. The van der Waals surface area contributed by atoms with Crippen molar-refractivity contribution in [1.82, 2.24) is 14.5 Å². The van der Waals surface area contributed by atoms with E-state index in [-0.39, 0.29) is 21.2 Å². The molecule has 142 valence electrons. The number of alkyl halides is 2. The molecule has 0 amide bonds. The van der Waals surface area contributed by atoms with E-state index in [1.165, 1.54) is 47.9 Å². The quantitative estimate of drug-likeness (QED) is 0.242. The van der Waals surface area contributed by atoms with Crippen LogP contribution in [0.2, 0.25) is 0 Å². The van der Waals surface area contributed by atoms with E-state index in [4.69, 9.17) is 4.98 Å². The number of hydrogen-bond acceptors (Lipinski definition) is 3. The molecule has 2 aromatic rings. The second-order valence-corrected chi connectivity index (χ2v) is 14.7. The molecule has 1 saturated carbocycles. The number of aryl methyl sites for hydroxylation is 1. The summed E-state index contributed by atoms with van der Waals surface area (Å²) in [6.45, 7) is 2.45. The van der Waals surface area contributed by atoms with E-state index >= 15 is 0 Å². The van der Waals surface area contributed by atoms with E-state index in [9.17, 15) is 0 Å². The van der Waals surface area contributed by atoms with Crippen molar-refractivity contribution in [2.24, 2.45) is 13.0 Å². The Hall–Kier alpha value is 0.610. The zero-order chi connectivity index (χ0) is 17.8. The van der Waals surface area contributed by atoms with Crippen LogP contribution in [-0.4, -0.2) is 29.4 Å². The van der Waals surface area contributed by atoms with Crippen molar-refractivity contribution in [3.8, 4) is 0 Å². The van der Waals surface area contributed by atoms with Gasteiger partial charge >= 0.3 is 183 Å². The van der Waals surface area contributed by atoms with Crippen molar-refractivity contribution < 1.29 is 38.4 Å². The van der Waals surface area contributed by atoms with Crippen LogP contribution in [0.5, 0.6) is 0 Å². The maximum atomic E-state index is 4.80. The SMILES string of the molecule is C[I-]c1cc(NC2CCCC([I-]I)CC(C)CC2)c2ncn(C)c2n1. The molecule has 2 aromatic heterocycles. The molecule has 1 aliphatic carbocycles. The Morgan fingerprint density at radius 1 is 1.28 bits per heavy atom. The van der Waals surface area contributed by atoms with Gasteiger partial charge in [0, 0.05) is 0 Å². The number of fused-ring (bicyclic) bond motifs is 1. The van der Waals surface area contributed by atoms with E-state index in [1.807, 2.05) is 17.9 Å². The second kappa shape index (κ2) is 9.70. The number of aromatic nitrogens is 3. The Morgan fingerprint density at radius 3 is 2.88 bits per heavy atom. The fourth-order valence-corrected chi connectivity index (χ4v) is 9.30. The predicted octanol–water partition coefficient (Wildman–Crippen LogP) is -1.56. The molecule has 3 unspecified atom stereocenters. The fraction of sp³-hybridized carbons (Fsp3) is 0.667. The van der Waals surface area contributed by atoms with Crippen LogP contribution in [0.25, 0.3) is 11.2 Å². The summed E-state index contributed by atoms with van der Waals surface area (Å²) in [5.74, 6) is 0.867. The molecule has 1 aliphatic rings. The minimum absolute atomic E-state index is 0.0201. The molecular formula is C18H27I3N4-2. The zero-order valence-electron chi connectivity index (χ0n) is 15.1. The monoisotopic (exact) mass is 680 g/mol. The van der Waals surface area contributed by atoms with Crippen molar-refractivity contribution >= 4 is 35.5 Å². The van der Waals surface area contributed by atoms with Gasteiger partial charge in [-0.2, -0.15) is 0 Å². The second-order valence-electron chi connectivity index (χ2n) is 7.08. The van der Waals surface area contributed by atoms with Gasteiger partial charge in [-0.15, -0.1) is 0 Å². The van der Waals surface area contributed by atoms with Gasteiger partial charge in [0.15, 0.2) is 0 Å². The first-order valence-electron chi connectivity index (χ1n) is 8.93. The van der Waals surface area contributed by atoms with Gasteiger partial charge < -0.3 is 0 Å². The van der Waals surface area contributed by atoms with Crippen molar-refractivity contribution in [2.45, 2.75) is 55.4 Å². The number of hydrogen-bond donors (Lipinski definition) is 1. The van der Waals surface area contributed by atoms with Gasteiger partial charge in [0.05, 0.1) is 0 Å². The normalized spacial score (nSPS) is 25.7. The molecule has 3 rings (SSSR count). The van der Waals surface area contributed by atoms with Crippen LogP contribution >= 0.6 is 18.6 Å². The molecule has 1 N–H and O–H groups in total. The third-order valence-electron chi connectivity index (χ3n) is 5.04. The summed E-state index contributed by atoms with van der Waals surface area (Å²) in [5.41, 5.74) is 3.26. The molecule has 0 radical (unpaired) electrons. The Kier molecular flexibility index (Phi) is 7.89. The van der Waals surface area contributed by atoms with Gasteiger partial charge in [0.1, 0.15) is 0 Å². The first-order chi connectivity index (χ1) is 12.1. The van der Waals surface area contributed by atoms with Crippen molar-refractivity contribution in [3.63, 3.8) is 0 Å². The molecule has 3 atom stereocenters. The van der Waals surface area contributed by atoms with Crippen molar-refractivity contribution in [3.05, 3.63) is 16.1 Å². The van der Waals surface area contributed by atoms with E-state index in [0.29, 0.717) is 23.3 Å². The maximum absolute atomic E-state index is 4.80. The summed E-state index contributed by atoms with van der Waals surface area (Å²) >= 11 is 3.02. The molecule has 7 heteroatoms. The summed E-state index contributed by atoms with van der Waals surface area (Å²) in [5, 5.41) is 3.87. The zero-order valence-corrected chi connectivity index (χ0v) is 21.6. The van der Waals surface area contributed by atoms with Crippen LogP contribution in [0.1, 0.15) is 45.4 Å². The number of anilines is 1. The van der Waals surface area contributed by atoms with Crippen LogP contribution in [0.4, 0.5) is 5.69 Å². The van der Waals surface area contributed by atoms with Gasteiger partial charge in [0.2, 0.25) is 0 Å². The third-order valence-corrected chi connectivity index (χ3v) is 13.0. The molecular weight excluding hydrogens is 653 g/mol. The number of nitrogens with zero attached hydrogens (tertiary/aromatic N) is 3. The summed E-state index contributed by atoms with van der Waals surface area (Å²) in [4.78, 5) is 11.7. The van der Waals surface area contributed by atoms with E-state index in [1.54, 1.807) is 0 Å². The number of imidazole rings is 1. The van der Waals surface area contributed by atoms with Crippen LogP contribution in [-0.2, 0) is 7.05 Å². The van der Waals surface area contributed by atoms with E-state index < -0.39 is 0 Å². The van der Waals surface area contributed by atoms with Crippen LogP contribution in [0.3, 0.4) is 0 Å². The Labute approximate surface area is 181 Å². The summed E-state index contributed by atoms with van der Waals surface area (Å²) < 4.78 is 4.32. The topological polar surface area (TPSA) is 42.7 Å². The first-order valence-corrected chi connectivity index (χ1v) is 19.7. The molecule has 0 bridgehead atoms. The van der Waals surface area contributed by atoms with Gasteiger partial charge in [-0.05, 0) is 0 Å². The fourth-order valence-electron chi connectivity index (χ4n) is 3.60. The standard InChI is InChI=1S/C18H27I3N4/c1-12-7-8-14(6-4-5-13(9-12)21-19)23-15-10-16(20-2)24-18-17(15)22-11-25(18)3/h10-14H,4-9H2,1-3H3,(H,23,24)/q-2. The minimum atomic E-state index is -0.0201. The van der Waals surface area contributed by atoms with Crippen LogP contribution in [0, 0.1) is 9.62 Å². The van der Waals surface area contributed by atoms with Crippen molar-refractivity contribution in [1.29, 1.82) is 0 Å².